The lowest BCUT2D eigenvalue weighted by Gasteiger charge is -2.11. The van der Waals surface area contributed by atoms with Crippen LogP contribution in [0.1, 0.15) is 24.2 Å². The first-order chi connectivity index (χ1) is 10.9. The standard InChI is InChI=1S/C16H15ClN2O4/c1-3-18-14-9-12(5-6-15(14)19(21)22)23-16-7-4-11(10(2)20)8-13(16)17/h4-9,18H,3H2,1-2H3. The number of nitrogens with zero attached hydrogens (tertiary/aromatic N) is 1. The van der Waals surface area contributed by atoms with E-state index in [1.807, 2.05) is 6.92 Å². The number of benzene rings is 2. The Hall–Kier alpha value is -2.60. The van der Waals surface area contributed by atoms with Gasteiger partial charge in [0.05, 0.1) is 9.95 Å². The molecule has 0 saturated heterocycles. The van der Waals surface area contributed by atoms with Crippen LogP contribution in [0.3, 0.4) is 0 Å². The minimum Gasteiger partial charge on any atom is -0.456 e. The molecule has 0 saturated carbocycles. The summed E-state index contributed by atoms with van der Waals surface area (Å²) in [6.45, 7) is 3.83. The molecule has 7 heteroatoms. The van der Waals surface area contributed by atoms with Gasteiger partial charge in [-0.05, 0) is 38.1 Å². The number of carbonyl (C=O) groups is 1. The van der Waals surface area contributed by atoms with Crippen LogP contribution in [0.5, 0.6) is 11.5 Å². The molecule has 0 unspecified atom stereocenters. The highest BCUT2D eigenvalue weighted by atomic mass is 35.5. The summed E-state index contributed by atoms with van der Waals surface area (Å²) < 4.78 is 5.66. The third kappa shape index (κ3) is 3.98. The van der Waals surface area contributed by atoms with Gasteiger partial charge in [-0.25, -0.2) is 0 Å². The normalized spacial score (nSPS) is 10.2. The molecule has 0 spiro atoms. The number of hydrogen-bond acceptors (Lipinski definition) is 5. The maximum absolute atomic E-state index is 11.3. The van der Waals surface area contributed by atoms with E-state index in [-0.39, 0.29) is 11.5 Å². The monoisotopic (exact) mass is 334 g/mol. The number of ketones is 1. The van der Waals surface area contributed by atoms with Crippen molar-refractivity contribution in [1.82, 2.24) is 0 Å². The number of ether oxygens (including phenoxy) is 1. The van der Waals surface area contributed by atoms with Crippen LogP contribution in [0.2, 0.25) is 5.02 Å². The Morgan fingerprint density at radius 2 is 2.04 bits per heavy atom. The van der Waals surface area contributed by atoms with Crippen molar-refractivity contribution in [2.24, 2.45) is 0 Å². The molecule has 0 heterocycles. The molecule has 2 aromatic rings. The number of nitrogens with one attached hydrogen (secondary N) is 1. The van der Waals surface area contributed by atoms with Gasteiger partial charge in [0.2, 0.25) is 0 Å². The van der Waals surface area contributed by atoms with Crippen molar-refractivity contribution in [1.29, 1.82) is 0 Å². The molecule has 0 amide bonds. The zero-order valence-electron chi connectivity index (χ0n) is 12.6. The van der Waals surface area contributed by atoms with Gasteiger partial charge in [0, 0.05) is 24.2 Å². The quantitative estimate of drug-likeness (QED) is 0.471. The fourth-order valence-corrected chi connectivity index (χ4v) is 2.22. The molecule has 0 bridgehead atoms. The summed E-state index contributed by atoms with van der Waals surface area (Å²) in [5.74, 6) is 0.681. The first kappa shape index (κ1) is 16.8. The molecule has 0 aliphatic carbocycles. The van der Waals surface area contributed by atoms with Crippen LogP contribution in [0, 0.1) is 10.1 Å². The lowest BCUT2D eigenvalue weighted by molar-refractivity contribution is -0.384. The molecule has 0 aliphatic rings. The van der Waals surface area contributed by atoms with Crippen molar-refractivity contribution >= 4 is 28.8 Å². The molecule has 0 fully saturated rings. The Morgan fingerprint density at radius 1 is 1.30 bits per heavy atom. The van der Waals surface area contributed by atoms with Crippen molar-refractivity contribution in [2.45, 2.75) is 13.8 Å². The van der Waals surface area contributed by atoms with Crippen molar-refractivity contribution < 1.29 is 14.5 Å². The Labute approximate surface area is 138 Å². The number of rotatable bonds is 6. The van der Waals surface area contributed by atoms with E-state index in [0.717, 1.165) is 0 Å². The maximum atomic E-state index is 11.3. The second-order valence-corrected chi connectivity index (χ2v) is 5.18. The first-order valence-corrected chi connectivity index (χ1v) is 7.30. The average Bonchev–Trinajstić information content (AvgIpc) is 2.49. The molecule has 2 rings (SSSR count). The molecule has 0 aliphatic heterocycles. The van der Waals surface area contributed by atoms with Gasteiger partial charge in [-0.3, -0.25) is 14.9 Å². The molecule has 0 aromatic heterocycles. The highest BCUT2D eigenvalue weighted by Crippen LogP contribution is 2.34. The average molecular weight is 335 g/mol. The van der Waals surface area contributed by atoms with Gasteiger partial charge in [-0.15, -0.1) is 0 Å². The Kier molecular flexibility index (Phi) is 5.18. The SMILES string of the molecule is CCNc1cc(Oc2ccc(C(C)=O)cc2Cl)ccc1[N+](=O)[O-]. The zero-order valence-corrected chi connectivity index (χ0v) is 13.4. The first-order valence-electron chi connectivity index (χ1n) is 6.93. The van der Waals surface area contributed by atoms with E-state index in [9.17, 15) is 14.9 Å². The summed E-state index contributed by atoms with van der Waals surface area (Å²) in [5.41, 5.74) is 0.822. The predicted octanol–water partition coefficient (Wildman–Crippen LogP) is 4.67. The summed E-state index contributed by atoms with van der Waals surface area (Å²) in [4.78, 5) is 21.8. The third-order valence-electron chi connectivity index (χ3n) is 3.10. The van der Waals surface area contributed by atoms with Crippen LogP contribution < -0.4 is 10.1 Å². The number of anilines is 1. The summed E-state index contributed by atoms with van der Waals surface area (Å²) >= 11 is 6.10. The summed E-state index contributed by atoms with van der Waals surface area (Å²) in [5, 5.41) is 14.2. The molecule has 120 valence electrons. The number of Topliss-reactive ketones (excluding diaryl/α,β-unsaturated/α-hetero) is 1. The van der Waals surface area contributed by atoms with Crippen LogP contribution in [-0.2, 0) is 0 Å². The van der Waals surface area contributed by atoms with Crippen molar-refractivity contribution in [3.63, 3.8) is 0 Å². The van der Waals surface area contributed by atoms with Crippen LogP contribution in [0.4, 0.5) is 11.4 Å². The minimum atomic E-state index is -0.462. The molecule has 0 atom stereocenters. The third-order valence-corrected chi connectivity index (χ3v) is 3.39. The Morgan fingerprint density at radius 3 is 2.61 bits per heavy atom. The second-order valence-electron chi connectivity index (χ2n) is 4.77. The fraction of sp³-hybridized carbons (Fsp3) is 0.188. The zero-order chi connectivity index (χ0) is 17.0. The summed E-state index contributed by atoms with van der Waals surface area (Å²) in [7, 11) is 0. The van der Waals surface area contributed by atoms with E-state index in [2.05, 4.69) is 5.32 Å². The molecular weight excluding hydrogens is 320 g/mol. The number of halogens is 1. The topological polar surface area (TPSA) is 81.5 Å². The van der Waals surface area contributed by atoms with Gasteiger partial charge < -0.3 is 10.1 Å². The number of nitro benzene ring substituents is 1. The summed E-state index contributed by atoms with van der Waals surface area (Å²) in [6, 6.07) is 9.12. The minimum absolute atomic E-state index is 0.0303. The number of nitro groups is 1. The second kappa shape index (κ2) is 7.11. The lowest BCUT2D eigenvalue weighted by atomic mass is 10.1. The van der Waals surface area contributed by atoms with Crippen LogP contribution in [0.25, 0.3) is 0 Å². The molecule has 0 radical (unpaired) electrons. The van der Waals surface area contributed by atoms with E-state index in [1.165, 1.54) is 31.2 Å². The maximum Gasteiger partial charge on any atom is 0.292 e. The Bertz CT molecular complexity index is 762. The molecule has 1 N–H and O–H groups in total. The number of carbonyl (C=O) groups excluding carboxylic acids is 1. The van der Waals surface area contributed by atoms with Gasteiger partial charge in [-0.1, -0.05) is 11.6 Å². The van der Waals surface area contributed by atoms with Crippen molar-refractivity contribution in [3.8, 4) is 11.5 Å². The van der Waals surface area contributed by atoms with E-state index in [4.69, 9.17) is 16.3 Å². The van der Waals surface area contributed by atoms with Crippen molar-refractivity contribution in [3.05, 3.63) is 57.1 Å². The van der Waals surface area contributed by atoms with Crippen molar-refractivity contribution in [2.75, 3.05) is 11.9 Å². The van der Waals surface area contributed by atoms with Crippen LogP contribution >= 0.6 is 11.6 Å². The highest BCUT2D eigenvalue weighted by molar-refractivity contribution is 6.32. The van der Waals surface area contributed by atoms with Gasteiger partial charge in [0.15, 0.2) is 5.78 Å². The van der Waals surface area contributed by atoms with Gasteiger partial charge in [0.25, 0.3) is 5.69 Å². The van der Waals surface area contributed by atoms with E-state index in [0.29, 0.717) is 34.3 Å². The molecular formula is C16H15ClN2O4. The van der Waals surface area contributed by atoms with Crippen LogP contribution in [-0.4, -0.2) is 17.3 Å². The number of hydrogen-bond donors (Lipinski definition) is 1. The smallest absolute Gasteiger partial charge is 0.292 e. The fourth-order valence-electron chi connectivity index (χ4n) is 2.00. The lowest BCUT2D eigenvalue weighted by Crippen LogP contribution is -2.01. The molecule has 6 nitrogen and oxygen atoms in total. The Balaban J connectivity index is 2.31. The van der Waals surface area contributed by atoms with Crippen LogP contribution in [0.15, 0.2) is 36.4 Å². The molecule has 2 aromatic carbocycles. The largest absolute Gasteiger partial charge is 0.456 e. The highest BCUT2D eigenvalue weighted by Gasteiger charge is 2.15. The van der Waals surface area contributed by atoms with E-state index >= 15 is 0 Å². The van der Waals surface area contributed by atoms with Gasteiger partial charge in [0.1, 0.15) is 17.2 Å². The predicted molar refractivity (Wildman–Crippen MR) is 88.8 cm³/mol. The van der Waals surface area contributed by atoms with Gasteiger partial charge in [-0.2, -0.15) is 0 Å². The van der Waals surface area contributed by atoms with E-state index < -0.39 is 4.92 Å². The summed E-state index contributed by atoms with van der Waals surface area (Å²) in [6.07, 6.45) is 0. The molecule has 23 heavy (non-hydrogen) atoms. The van der Waals surface area contributed by atoms with E-state index in [1.54, 1.807) is 12.1 Å². The van der Waals surface area contributed by atoms with Gasteiger partial charge >= 0.3 is 0 Å².